The maximum Gasteiger partial charge on any atom is 0.146 e. The van der Waals surface area contributed by atoms with Gasteiger partial charge in [-0.15, -0.1) is 11.6 Å². The standard InChI is InChI=1S/C16H23ClN2O/c1-6-12(10(2)3)19-13-8-7-9-14(20-5)15(13)18-16(19)11(4)17/h7-12H,6H2,1-5H3. The van der Waals surface area contributed by atoms with Crippen molar-refractivity contribution in [1.82, 2.24) is 9.55 Å². The molecule has 1 aromatic heterocycles. The van der Waals surface area contributed by atoms with Crippen LogP contribution in [0.1, 0.15) is 51.4 Å². The van der Waals surface area contributed by atoms with E-state index in [-0.39, 0.29) is 5.38 Å². The predicted molar refractivity (Wildman–Crippen MR) is 84.7 cm³/mol. The largest absolute Gasteiger partial charge is 0.494 e. The Morgan fingerprint density at radius 1 is 1.30 bits per heavy atom. The smallest absolute Gasteiger partial charge is 0.146 e. The number of ether oxygens (including phenoxy) is 1. The summed E-state index contributed by atoms with van der Waals surface area (Å²) < 4.78 is 7.72. The Balaban J connectivity index is 2.75. The van der Waals surface area contributed by atoms with Crippen molar-refractivity contribution in [3.8, 4) is 5.75 Å². The van der Waals surface area contributed by atoms with Gasteiger partial charge in [0.25, 0.3) is 0 Å². The molecule has 110 valence electrons. The number of hydrogen-bond donors (Lipinski definition) is 0. The van der Waals surface area contributed by atoms with Crippen molar-refractivity contribution >= 4 is 22.6 Å². The van der Waals surface area contributed by atoms with Crippen molar-refractivity contribution in [2.45, 2.75) is 45.5 Å². The van der Waals surface area contributed by atoms with Crippen LogP contribution in [-0.2, 0) is 0 Å². The van der Waals surface area contributed by atoms with Crippen LogP contribution in [0, 0.1) is 5.92 Å². The molecular formula is C16H23ClN2O. The van der Waals surface area contributed by atoms with E-state index in [1.54, 1.807) is 7.11 Å². The number of imidazole rings is 1. The summed E-state index contributed by atoms with van der Waals surface area (Å²) in [5, 5.41) is -0.125. The Hall–Kier alpha value is -1.22. The Kier molecular flexibility index (Phi) is 4.59. The van der Waals surface area contributed by atoms with Crippen LogP contribution in [0.5, 0.6) is 5.75 Å². The number of fused-ring (bicyclic) bond motifs is 1. The highest BCUT2D eigenvalue weighted by Gasteiger charge is 2.24. The van der Waals surface area contributed by atoms with Gasteiger partial charge >= 0.3 is 0 Å². The van der Waals surface area contributed by atoms with Gasteiger partial charge in [-0.2, -0.15) is 0 Å². The van der Waals surface area contributed by atoms with Gasteiger partial charge in [0, 0.05) is 6.04 Å². The molecule has 0 saturated carbocycles. The molecular weight excluding hydrogens is 272 g/mol. The van der Waals surface area contributed by atoms with E-state index in [9.17, 15) is 0 Å². The molecule has 2 atom stereocenters. The summed E-state index contributed by atoms with van der Waals surface area (Å²) in [5.74, 6) is 2.25. The van der Waals surface area contributed by atoms with E-state index in [0.29, 0.717) is 12.0 Å². The molecule has 0 aliphatic rings. The number of methoxy groups -OCH3 is 1. The van der Waals surface area contributed by atoms with Crippen LogP contribution in [0.25, 0.3) is 11.0 Å². The van der Waals surface area contributed by atoms with Gasteiger partial charge in [-0.05, 0) is 31.4 Å². The Morgan fingerprint density at radius 3 is 2.50 bits per heavy atom. The molecule has 20 heavy (non-hydrogen) atoms. The topological polar surface area (TPSA) is 27.1 Å². The fourth-order valence-electron chi connectivity index (χ4n) is 2.86. The Labute approximate surface area is 125 Å². The summed E-state index contributed by atoms with van der Waals surface area (Å²) in [6.07, 6.45) is 1.05. The molecule has 0 radical (unpaired) electrons. The van der Waals surface area contributed by atoms with E-state index >= 15 is 0 Å². The maximum atomic E-state index is 6.36. The average molecular weight is 295 g/mol. The minimum absolute atomic E-state index is 0.125. The molecule has 2 aromatic rings. The van der Waals surface area contributed by atoms with Crippen molar-refractivity contribution in [3.63, 3.8) is 0 Å². The van der Waals surface area contributed by atoms with Gasteiger partial charge in [-0.3, -0.25) is 0 Å². The summed E-state index contributed by atoms with van der Waals surface area (Å²) in [6.45, 7) is 8.66. The third-order valence-corrected chi connectivity index (χ3v) is 4.00. The lowest BCUT2D eigenvalue weighted by atomic mass is 10.0. The summed E-state index contributed by atoms with van der Waals surface area (Å²) in [5.41, 5.74) is 2.00. The summed E-state index contributed by atoms with van der Waals surface area (Å²) in [7, 11) is 1.68. The van der Waals surface area contributed by atoms with Crippen LogP contribution in [0.4, 0.5) is 0 Å². The zero-order valence-electron chi connectivity index (χ0n) is 12.9. The number of benzene rings is 1. The first-order valence-corrected chi connectivity index (χ1v) is 7.63. The van der Waals surface area contributed by atoms with Crippen LogP contribution < -0.4 is 4.74 Å². The molecule has 0 N–H and O–H groups in total. The molecule has 0 aliphatic carbocycles. The molecule has 4 heteroatoms. The number of hydrogen-bond acceptors (Lipinski definition) is 2. The SMILES string of the molecule is CCC(C(C)C)n1c(C(C)Cl)nc2c(OC)cccc21. The molecule has 1 heterocycles. The first kappa shape index (κ1) is 15.2. The predicted octanol–water partition coefficient (Wildman–Crippen LogP) is 4.95. The van der Waals surface area contributed by atoms with Crippen LogP contribution in [0.3, 0.4) is 0 Å². The van der Waals surface area contributed by atoms with E-state index in [2.05, 4.69) is 31.4 Å². The van der Waals surface area contributed by atoms with Crippen molar-refractivity contribution in [1.29, 1.82) is 0 Å². The molecule has 2 unspecified atom stereocenters. The van der Waals surface area contributed by atoms with Crippen molar-refractivity contribution in [3.05, 3.63) is 24.0 Å². The molecule has 1 aromatic carbocycles. The molecule has 0 fully saturated rings. The van der Waals surface area contributed by atoms with Crippen LogP contribution in [-0.4, -0.2) is 16.7 Å². The van der Waals surface area contributed by atoms with Gasteiger partial charge in [-0.1, -0.05) is 26.8 Å². The maximum absolute atomic E-state index is 6.36. The monoisotopic (exact) mass is 294 g/mol. The van der Waals surface area contributed by atoms with E-state index in [1.807, 2.05) is 19.1 Å². The van der Waals surface area contributed by atoms with Crippen LogP contribution >= 0.6 is 11.6 Å². The fraction of sp³-hybridized carbons (Fsp3) is 0.562. The quantitative estimate of drug-likeness (QED) is 0.729. The van der Waals surface area contributed by atoms with Crippen molar-refractivity contribution in [2.24, 2.45) is 5.92 Å². The zero-order valence-corrected chi connectivity index (χ0v) is 13.6. The molecule has 0 spiro atoms. The van der Waals surface area contributed by atoms with E-state index in [1.165, 1.54) is 0 Å². The van der Waals surface area contributed by atoms with Gasteiger partial charge in [0.2, 0.25) is 0 Å². The number of alkyl halides is 1. The molecule has 0 amide bonds. The van der Waals surface area contributed by atoms with E-state index < -0.39 is 0 Å². The molecule has 0 bridgehead atoms. The minimum Gasteiger partial charge on any atom is -0.494 e. The number of aromatic nitrogens is 2. The molecule has 0 aliphatic heterocycles. The fourth-order valence-corrected chi connectivity index (χ4v) is 3.01. The third-order valence-electron chi connectivity index (χ3n) is 3.81. The molecule has 2 rings (SSSR count). The first-order valence-electron chi connectivity index (χ1n) is 7.20. The number of rotatable bonds is 5. The van der Waals surface area contributed by atoms with Gasteiger partial charge in [-0.25, -0.2) is 4.98 Å². The van der Waals surface area contributed by atoms with Gasteiger partial charge < -0.3 is 9.30 Å². The van der Waals surface area contributed by atoms with Crippen molar-refractivity contribution < 1.29 is 4.74 Å². The second-order valence-corrected chi connectivity index (χ2v) is 6.16. The Bertz CT molecular complexity index is 589. The lowest BCUT2D eigenvalue weighted by Gasteiger charge is -2.24. The molecule has 0 saturated heterocycles. The summed E-state index contributed by atoms with van der Waals surface area (Å²) in [4.78, 5) is 4.74. The summed E-state index contributed by atoms with van der Waals surface area (Å²) in [6, 6.07) is 6.44. The summed E-state index contributed by atoms with van der Waals surface area (Å²) >= 11 is 6.36. The zero-order chi connectivity index (χ0) is 14.9. The Morgan fingerprint density at radius 2 is 2.00 bits per heavy atom. The van der Waals surface area contributed by atoms with Gasteiger partial charge in [0.05, 0.1) is 18.0 Å². The van der Waals surface area contributed by atoms with Gasteiger partial charge in [0.1, 0.15) is 17.1 Å². The minimum atomic E-state index is -0.125. The third kappa shape index (κ3) is 2.51. The highest BCUT2D eigenvalue weighted by atomic mass is 35.5. The van der Waals surface area contributed by atoms with E-state index in [4.69, 9.17) is 21.3 Å². The number of nitrogens with zero attached hydrogens (tertiary/aromatic N) is 2. The second-order valence-electron chi connectivity index (χ2n) is 5.50. The average Bonchev–Trinajstić information content (AvgIpc) is 2.79. The lowest BCUT2D eigenvalue weighted by molar-refractivity contribution is 0.364. The normalized spacial score (nSPS) is 14.8. The first-order chi connectivity index (χ1) is 9.51. The van der Waals surface area contributed by atoms with Gasteiger partial charge in [0.15, 0.2) is 0 Å². The molecule has 3 nitrogen and oxygen atoms in total. The van der Waals surface area contributed by atoms with E-state index in [0.717, 1.165) is 29.0 Å². The number of halogens is 1. The second kappa shape index (κ2) is 6.04. The van der Waals surface area contributed by atoms with Crippen LogP contribution in [0.2, 0.25) is 0 Å². The van der Waals surface area contributed by atoms with Crippen molar-refractivity contribution in [2.75, 3.05) is 7.11 Å². The highest BCUT2D eigenvalue weighted by molar-refractivity contribution is 6.20. The van der Waals surface area contributed by atoms with Crippen LogP contribution in [0.15, 0.2) is 18.2 Å². The number of para-hydroxylation sites is 1. The highest BCUT2D eigenvalue weighted by Crippen LogP contribution is 2.35. The lowest BCUT2D eigenvalue weighted by Crippen LogP contribution is -2.17.